The normalized spacial score (nSPS) is 13.6. The molecule has 0 saturated heterocycles. The van der Waals surface area contributed by atoms with E-state index < -0.39 is 24.0 Å². The SMILES string of the molecule is COC(=O)c1cc(C(O)C(O)CCSC(C)=O)ccc1F. The Morgan fingerprint density at radius 3 is 2.62 bits per heavy atom. The molecule has 21 heavy (non-hydrogen) atoms. The molecule has 0 spiro atoms. The van der Waals surface area contributed by atoms with E-state index in [9.17, 15) is 24.2 Å². The van der Waals surface area contributed by atoms with Gasteiger partial charge < -0.3 is 14.9 Å². The molecule has 0 aliphatic rings. The van der Waals surface area contributed by atoms with E-state index in [1.807, 2.05) is 0 Å². The average molecular weight is 316 g/mol. The van der Waals surface area contributed by atoms with E-state index in [0.29, 0.717) is 5.75 Å². The minimum atomic E-state index is -1.28. The van der Waals surface area contributed by atoms with Crippen molar-refractivity contribution in [3.05, 3.63) is 35.1 Å². The molecule has 0 heterocycles. The van der Waals surface area contributed by atoms with Crippen molar-refractivity contribution in [2.75, 3.05) is 12.9 Å². The number of carbonyl (C=O) groups is 2. The molecule has 0 aliphatic carbocycles. The molecule has 0 amide bonds. The molecule has 2 unspecified atom stereocenters. The Bertz CT molecular complexity index is 520. The van der Waals surface area contributed by atoms with Gasteiger partial charge in [-0.15, -0.1) is 0 Å². The summed E-state index contributed by atoms with van der Waals surface area (Å²) in [6.07, 6.45) is -2.20. The lowest BCUT2D eigenvalue weighted by molar-refractivity contribution is -0.109. The van der Waals surface area contributed by atoms with Crippen LogP contribution in [0.25, 0.3) is 0 Å². The van der Waals surface area contributed by atoms with Gasteiger partial charge in [-0.2, -0.15) is 0 Å². The Hall–Kier alpha value is -1.44. The Morgan fingerprint density at radius 2 is 2.05 bits per heavy atom. The van der Waals surface area contributed by atoms with Gasteiger partial charge in [-0.3, -0.25) is 4.79 Å². The predicted molar refractivity (Wildman–Crippen MR) is 76.5 cm³/mol. The van der Waals surface area contributed by atoms with Crippen LogP contribution in [-0.2, 0) is 9.53 Å². The fraction of sp³-hybridized carbons (Fsp3) is 0.429. The lowest BCUT2D eigenvalue weighted by Gasteiger charge is -2.18. The maximum absolute atomic E-state index is 13.5. The topological polar surface area (TPSA) is 83.8 Å². The molecule has 0 radical (unpaired) electrons. The van der Waals surface area contributed by atoms with Crippen LogP contribution in [0.5, 0.6) is 0 Å². The van der Waals surface area contributed by atoms with Gasteiger partial charge in [-0.05, 0) is 24.1 Å². The zero-order valence-corrected chi connectivity index (χ0v) is 12.5. The van der Waals surface area contributed by atoms with E-state index in [4.69, 9.17) is 0 Å². The second-order valence-electron chi connectivity index (χ2n) is 4.37. The van der Waals surface area contributed by atoms with E-state index >= 15 is 0 Å². The van der Waals surface area contributed by atoms with E-state index in [1.165, 1.54) is 13.0 Å². The first-order valence-corrected chi connectivity index (χ1v) is 7.22. The molecule has 116 valence electrons. The van der Waals surface area contributed by atoms with Gasteiger partial charge in [-0.1, -0.05) is 17.8 Å². The standard InChI is InChI=1S/C14H17FO5S/c1-8(16)21-6-5-12(17)13(18)9-3-4-11(15)10(7-9)14(19)20-2/h3-4,7,12-13,17-18H,5-6H2,1-2H3. The largest absolute Gasteiger partial charge is 0.465 e. The Kier molecular flexibility index (Phi) is 6.80. The fourth-order valence-electron chi connectivity index (χ4n) is 1.70. The lowest BCUT2D eigenvalue weighted by atomic mass is 10.0. The van der Waals surface area contributed by atoms with Gasteiger partial charge in [0.1, 0.15) is 11.9 Å². The van der Waals surface area contributed by atoms with Crippen molar-refractivity contribution < 1.29 is 28.9 Å². The van der Waals surface area contributed by atoms with Gasteiger partial charge in [-0.25, -0.2) is 9.18 Å². The van der Waals surface area contributed by atoms with Crippen molar-refractivity contribution >= 4 is 22.8 Å². The van der Waals surface area contributed by atoms with Crippen molar-refractivity contribution in [1.29, 1.82) is 0 Å². The first kappa shape index (κ1) is 17.6. The summed E-state index contributed by atoms with van der Waals surface area (Å²) in [6.45, 7) is 1.41. The molecule has 0 saturated carbocycles. The van der Waals surface area contributed by atoms with Crippen molar-refractivity contribution in [1.82, 2.24) is 0 Å². The van der Waals surface area contributed by atoms with Crippen LogP contribution in [0.1, 0.15) is 35.4 Å². The third-order valence-electron chi connectivity index (χ3n) is 2.82. The summed E-state index contributed by atoms with van der Waals surface area (Å²) >= 11 is 1.04. The number of halogens is 1. The molecule has 0 bridgehead atoms. The van der Waals surface area contributed by atoms with E-state index in [2.05, 4.69) is 4.74 Å². The number of methoxy groups -OCH3 is 1. The third-order valence-corrected chi connectivity index (χ3v) is 3.67. The minimum absolute atomic E-state index is 0.0774. The van der Waals surface area contributed by atoms with Crippen LogP contribution < -0.4 is 0 Å². The summed E-state index contributed by atoms with van der Waals surface area (Å²) in [4.78, 5) is 22.2. The number of benzene rings is 1. The highest BCUT2D eigenvalue weighted by molar-refractivity contribution is 8.13. The molecular weight excluding hydrogens is 299 g/mol. The molecule has 1 aromatic rings. The highest BCUT2D eigenvalue weighted by atomic mass is 32.2. The van der Waals surface area contributed by atoms with Crippen LogP contribution in [0.4, 0.5) is 4.39 Å². The number of ether oxygens (including phenoxy) is 1. The number of aliphatic hydroxyl groups is 2. The molecule has 2 N–H and O–H groups in total. The van der Waals surface area contributed by atoms with E-state index in [0.717, 1.165) is 31.0 Å². The Morgan fingerprint density at radius 1 is 1.38 bits per heavy atom. The van der Waals surface area contributed by atoms with Gasteiger partial charge in [0.2, 0.25) is 0 Å². The Balaban J connectivity index is 2.79. The number of esters is 1. The number of thioether (sulfide) groups is 1. The van der Waals surface area contributed by atoms with Gasteiger partial charge >= 0.3 is 5.97 Å². The molecular formula is C14H17FO5S. The minimum Gasteiger partial charge on any atom is -0.465 e. The summed E-state index contributed by atoms with van der Waals surface area (Å²) in [5.74, 6) is -1.26. The van der Waals surface area contributed by atoms with Gasteiger partial charge in [0, 0.05) is 12.7 Å². The number of carbonyl (C=O) groups excluding carboxylic acids is 2. The lowest BCUT2D eigenvalue weighted by Crippen LogP contribution is -2.20. The zero-order valence-electron chi connectivity index (χ0n) is 11.7. The number of aliphatic hydroxyl groups excluding tert-OH is 2. The second kappa shape index (κ2) is 8.11. The number of hydrogen-bond acceptors (Lipinski definition) is 6. The molecule has 1 rings (SSSR count). The first-order chi connectivity index (χ1) is 9.86. The maximum Gasteiger partial charge on any atom is 0.340 e. The van der Waals surface area contributed by atoms with Crippen molar-refractivity contribution in [3.63, 3.8) is 0 Å². The van der Waals surface area contributed by atoms with Crippen LogP contribution in [0, 0.1) is 5.82 Å². The molecule has 1 aromatic carbocycles. The van der Waals surface area contributed by atoms with Crippen molar-refractivity contribution in [2.45, 2.75) is 25.6 Å². The van der Waals surface area contributed by atoms with Crippen LogP contribution >= 0.6 is 11.8 Å². The molecule has 2 atom stereocenters. The van der Waals surface area contributed by atoms with Crippen LogP contribution in [-0.4, -0.2) is 40.3 Å². The second-order valence-corrected chi connectivity index (χ2v) is 5.64. The maximum atomic E-state index is 13.5. The average Bonchev–Trinajstić information content (AvgIpc) is 2.45. The smallest absolute Gasteiger partial charge is 0.340 e. The van der Waals surface area contributed by atoms with Crippen molar-refractivity contribution in [3.8, 4) is 0 Å². The quantitative estimate of drug-likeness (QED) is 0.777. The molecule has 0 aromatic heterocycles. The van der Waals surface area contributed by atoms with Gasteiger partial charge in [0.15, 0.2) is 5.12 Å². The first-order valence-electron chi connectivity index (χ1n) is 6.24. The molecule has 0 fully saturated rings. The monoisotopic (exact) mass is 316 g/mol. The zero-order chi connectivity index (χ0) is 16.0. The number of rotatable bonds is 6. The summed E-state index contributed by atoms with van der Waals surface area (Å²) in [5.41, 5.74) is -0.100. The number of hydrogen-bond donors (Lipinski definition) is 2. The van der Waals surface area contributed by atoms with E-state index in [-0.39, 0.29) is 22.7 Å². The molecule has 7 heteroatoms. The third kappa shape index (κ3) is 5.11. The van der Waals surface area contributed by atoms with E-state index in [1.54, 1.807) is 0 Å². The van der Waals surface area contributed by atoms with Gasteiger partial charge in [0.25, 0.3) is 0 Å². The Labute approximate surface area is 126 Å². The highest BCUT2D eigenvalue weighted by Gasteiger charge is 2.21. The van der Waals surface area contributed by atoms with Gasteiger partial charge in [0.05, 0.1) is 18.8 Å². The summed E-state index contributed by atoms with van der Waals surface area (Å²) < 4.78 is 17.9. The highest BCUT2D eigenvalue weighted by Crippen LogP contribution is 2.23. The summed E-state index contributed by atoms with van der Waals surface area (Å²) in [6, 6.07) is 3.46. The van der Waals surface area contributed by atoms with Crippen LogP contribution in [0.3, 0.4) is 0 Å². The molecule has 0 aliphatic heterocycles. The summed E-state index contributed by atoms with van der Waals surface area (Å²) in [5, 5.41) is 19.8. The van der Waals surface area contributed by atoms with Crippen molar-refractivity contribution in [2.24, 2.45) is 0 Å². The van der Waals surface area contributed by atoms with Crippen LogP contribution in [0.15, 0.2) is 18.2 Å². The predicted octanol–water partition coefficient (Wildman–Crippen LogP) is 1.68. The van der Waals surface area contributed by atoms with Crippen LogP contribution in [0.2, 0.25) is 0 Å². The fourth-order valence-corrected chi connectivity index (χ4v) is 2.34. The summed E-state index contributed by atoms with van der Waals surface area (Å²) in [7, 11) is 1.12. The molecule has 5 nitrogen and oxygen atoms in total.